The van der Waals surface area contributed by atoms with Gasteiger partial charge in [0.25, 0.3) is 0 Å². The van der Waals surface area contributed by atoms with Crippen LogP contribution in [0.25, 0.3) is 0 Å². The lowest BCUT2D eigenvalue weighted by atomic mass is 10.2. The van der Waals surface area contributed by atoms with E-state index >= 15 is 0 Å². The summed E-state index contributed by atoms with van der Waals surface area (Å²) < 4.78 is 19.6. The Balaban J connectivity index is 1.84. The van der Waals surface area contributed by atoms with Crippen molar-refractivity contribution < 1.29 is 9.13 Å². The third-order valence-electron chi connectivity index (χ3n) is 3.30. The summed E-state index contributed by atoms with van der Waals surface area (Å²) in [4.78, 5) is 10.3. The molecule has 0 bridgehead atoms. The fourth-order valence-corrected chi connectivity index (χ4v) is 2.61. The van der Waals surface area contributed by atoms with E-state index in [-0.39, 0.29) is 18.0 Å². The van der Waals surface area contributed by atoms with E-state index in [0.29, 0.717) is 29.9 Å². The fourth-order valence-electron chi connectivity index (χ4n) is 2.46. The third kappa shape index (κ3) is 3.83. The highest BCUT2D eigenvalue weighted by atomic mass is 35.5. The average molecular weight is 339 g/mol. The van der Waals surface area contributed by atoms with Gasteiger partial charge in [0.15, 0.2) is 17.5 Å². The van der Waals surface area contributed by atoms with Gasteiger partial charge >= 0.3 is 0 Å². The maximum absolute atomic E-state index is 14.0. The molecule has 0 spiro atoms. The minimum atomic E-state index is -0.579. The lowest BCUT2D eigenvalue weighted by Gasteiger charge is -2.35. The second kappa shape index (κ2) is 6.59. The zero-order valence-corrected chi connectivity index (χ0v) is 13.5. The SMILES string of the molecule is C[C@H]1CN(c2ncc(F)c(Nc3cc(Cl)cnn3)n2)C[C@H](C)O1. The van der Waals surface area contributed by atoms with Gasteiger partial charge in [0.2, 0.25) is 5.95 Å². The van der Waals surface area contributed by atoms with Crippen molar-refractivity contribution in [1.82, 2.24) is 20.2 Å². The molecule has 7 nitrogen and oxygen atoms in total. The van der Waals surface area contributed by atoms with Crippen molar-refractivity contribution in [3.63, 3.8) is 0 Å². The van der Waals surface area contributed by atoms with E-state index in [1.807, 2.05) is 18.7 Å². The summed E-state index contributed by atoms with van der Waals surface area (Å²) in [7, 11) is 0. The quantitative estimate of drug-likeness (QED) is 0.920. The van der Waals surface area contributed by atoms with Crippen LogP contribution in [0.4, 0.5) is 22.0 Å². The molecule has 1 fully saturated rings. The molecule has 0 unspecified atom stereocenters. The van der Waals surface area contributed by atoms with Crippen LogP contribution in [-0.4, -0.2) is 45.5 Å². The first-order valence-electron chi connectivity index (χ1n) is 7.19. The van der Waals surface area contributed by atoms with E-state index in [1.165, 1.54) is 12.3 Å². The second-order valence-electron chi connectivity index (χ2n) is 5.41. The number of nitrogens with zero attached hydrogens (tertiary/aromatic N) is 5. The molecular formula is C14H16ClFN6O. The molecule has 9 heteroatoms. The Labute approximate surface area is 137 Å². The molecule has 1 aliphatic heterocycles. The number of anilines is 3. The maximum atomic E-state index is 14.0. The maximum Gasteiger partial charge on any atom is 0.227 e. The van der Waals surface area contributed by atoms with Crippen molar-refractivity contribution in [2.24, 2.45) is 0 Å². The van der Waals surface area contributed by atoms with Crippen molar-refractivity contribution in [3.8, 4) is 0 Å². The summed E-state index contributed by atoms with van der Waals surface area (Å²) in [5.74, 6) is 0.193. The number of halogens is 2. The van der Waals surface area contributed by atoms with Gasteiger partial charge in [-0.25, -0.2) is 9.37 Å². The number of morpholine rings is 1. The Morgan fingerprint density at radius 1 is 1.30 bits per heavy atom. The van der Waals surface area contributed by atoms with Crippen LogP contribution in [0.15, 0.2) is 18.5 Å². The van der Waals surface area contributed by atoms with Crippen LogP contribution in [0, 0.1) is 5.82 Å². The monoisotopic (exact) mass is 338 g/mol. The molecule has 0 aromatic carbocycles. The summed E-state index contributed by atoms with van der Waals surface area (Å²) in [5.41, 5.74) is 0. The van der Waals surface area contributed by atoms with Crippen molar-refractivity contribution in [2.75, 3.05) is 23.3 Å². The summed E-state index contributed by atoms with van der Waals surface area (Å²) >= 11 is 5.84. The smallest absolute Gasteiger partial charge is 0.227 e. The zero-order valence-electron chi connectivity index (χ0n) is 12.7. The predicted octanol–water partition coefficient (Wildman–Crippen LogP) is 2.42. The highest BCUT2D eigenvalue weighted by Gasteiger charge is 2.24. The molecule has 0 radical (unpaired) electrons. The Hall–Kier alpha value is -2.06. The highest BCUT2D eigenvalue weighted by Crippen LogP contribution is 2.22. The number of hydrogen-bond donors (Lipinski definition) is 1. The Morgan fingerprint density at radius 3 is 2.74 bits per heavy atom. The first-order valence-corrected chi connectivity index (χ1v) is 7.57. The van der Waals surface area contributed by atoms with Gasteiger partial charge in [-0.15, -0.1) is 5.10 Å². The van der Waals surface area contributed by atoms with Gasteiger partial charge in [-0.05, 0) is 13.8 Å². The average Bonchev–Trinajstić information content (AvgIpc) is 2.48. The molecule has 1 N–H and O–H groups in total. The molecule has 0 saturated carbocycles. The topological polar surface area (TPSA) is 76.1 Å². The van der Waals surface area contributed by atoms with Crippen LogP contribution in [0.3, 0.4) is 0 Å². The van der Waals surface area contributed by atoms with Crippen molar-refractivity contribution >= 4 is 29.2 Å². The molecule has 3 heterocycles. The van der Waals surface area contributed by atoms with E-state index in [4.69, 9.17) is 16.3 Å². The zero-order chi connectivity index (χ0) is 16.4. The van der Waals surface area contributed by atoms with Crippen LogP contribution in [-0.2, 0) is 4.74 Å². The molecule has 0 aliphatic carbocycles. The lowest BCUT2D eigenvalue weighted by Crippen LogP contribution is -2.46. The fraction of sp³-hybridized carbons (Fsp3) is 0.429. The normalized spacial score (nSPS) is 21.3. The van der Waals surface area contributed by atoms with Gasteiger partial charge in [-0.2, -0.15) is 10.1 Å². The standard InChI is InChI=1S/C14H16ClFN6O/c1-8-6-22(7-9(2)23-8)14-17-5-11(16)13(20-14)19-12-3-10(15)4-18-21-12/h3-5,8-9H,6-7H2,1-2H3,(H,17,19,20,21)/t8-,9-/m0/s1. The van der Waals surface area contributed by atoms with Crippen molar-refractivity contribution in [1.29, 1.82) is 0 Å². The summed E-state index contributed by atoms with van der Waals surface area (Å²) in [6.07, 6.45) is 2.64. The summed E-state index contributed by atoms with van der Waals surface area (Å²) in [5, 5.41) is 10.7. The molecule has 122 valence electrons. The largest absolute Gasteiger partial charge is 0.372 e. The Kier molecular flexibility index (Phi) is 4.53. The van der Waals surface area contributed by atoms with Gasteiger partial charge in [0.05, 0.1) is 29.6 Å². The first kappa shape index (κ1) is 15.8. The van der Waals surface area contributed by atoms with E-state index in [9.17, 15) is 4.39 Å². The highest BCUT2D eigenvalue weighted by molar-refractivity contribution is 6.30. The van der Waals surface area contributed by atoms with Crippen molar-refractivity contribution in [2.45, 2.75) is 26.1 Å². The van der Waals surface area contributed by atoms with Crippen LogP contribution in [0.5, 0.6) is 0 Å². The Bertz CT molecular complexity index is 693. The molecule has 0 amide bonds. The van der Waals surface area contributed by atoms with Gasteiger partial charge in [-0.1, -0.05) is 11.6 Å². The van der Waals surface area contributed by atoms with Gasteiger partial charge in [-0.3, -0.25) is 0 Å². The lowest BCUT2D eigenvalue weighted by molar-refractivity contribution is -0.00572. The molecule has 1 saturated heterocycles. The number of nitrogens with one attached hydrogen (secondary N) is 1. The molecule has 23 heavy (non-hydrogen) atoms. The van der Waals surface area contributed by atoms with E-state index in [0.717, 1.165) is 6.20 Å². The third-order valence-corrected chi connectivity index (χ3v) is 3.51. The van der Waals surface area contributed by atoms with Crippen LogP contribution in [0.1, 0.15) is 13.8 Å². The first-order chi connectivity index (χ1) is 11.0. The predicted molar refractivity (Wildman–Crippen MR) is 84.5 cm³/mol. The minimum Gasteiger partial charge on any atom is -0.372 e. The van der Waals surface area contributed by atoms with Gasteiger partial charge in [0.1, 0.15) is 0 Å². The number of ether oxygens (including phenoxy) is 1. The van der Waals surface area contributed by atoms with Gasteiger partial charge < -0.3 is 15.0 Å². The van der Waals surface area contributed by atoms with Crippen LogP contribution < -0.4 is 10.2 Å². The molecule has 2 atom stereocenters. The van der Waals surface area contributed by atoms with Crippen LogP contribution >= 0.6 is 11.6 Å². The van der Waals surface area contributed by atoms with Gasteiger partial charge in [0, 0.05) is 19.2 Å². The second-order valence-corrected chi connectivity index (χ2v) is 5.85. The van der Waals surface area contributed by atoms with Crippen molar-refractivity contribution in [3.05, 3.63) is 29.3 Å². The minimum absolute atomic E-state index is 0.0263. The van der Waals surface area contributed by atoms with E-state index in [2.05, 4.69) is 25.5 Å². The molecular weight excluding hydrogens is 323 g/mol. The van der Waals surface area contributed by atoms with E-state index < -0.39 is 5.82 Å². The summed E-state index contributed by atoms with van der Waals surface area (Å²) in [6, 6.07) is 1.54. The number of aromatic nitrogens is 4. The molecule has 2 aromatic heterocycles. The Morgan fingerprint density at radius 2 is 2.04 bits per heavy atom. The van der Waals surface area contributed by atoms with E-state index in [1.54, 1.807) is 0 Å². The molecule has 3 rings (SSSR count). The number of hydrogen-bond acceptors (Lipinski definition) is 7. The number of rotatable bonds is 3. The molecule has 2 aromatic rings. The van der Waals surface area contributed by atoms with Crippen LogP contribution in [0.2, 0.25) is 5.02 Å². The molecule has 1 aliphatic rings. The summed E-state index contributed by atoms with van der Waals surface area (Å²) in [6.45, 7) is 5.25.